The summed E-state index contributed by atoms with van der Waals surface area (Å²) < 4.78 is 0. The molecule has 16 heavy (non-hydrogen) atoms. The summed E-state index contributed by atoms with van der Waals surface area (Å²) in [5.41, 5.74) is 1.36. The Kier molecular flexibility index (Phi) is 2.89. The smallest absolute Gasteiger partial charge is 0.0490 e. The van der Waals surface area contributed by atoms with E-state index in [-0.39, 0.29) is 0 Å². The number of rotatable bonds is 1. The molecule has 86 valence electrons. The molecule has 1 N–H and O–H groups in total. The van der Waals surface area contributed by atoms with Crippen LogP contribution in [0.5, 0.6) is 0 Å². The first-order valence-corrected chi connectivity index (χ1v) is 6.31. The summed E-state index contributed by atoms with van der Waals surface area (Å²) >= 11 is 0. The Hall–Kier alpha value is -0.930. The van der Waals surface area contributed by atoms with Crippen molar-refractivity contribution >= 4 is 0 Å². The fourth-order valence-electron chi connectivity index (χ4n) is 3.09. The van der Waals surface area contributed by atoms with E-state index in [2.05, 4.69) is 21.3 Å². The second kappa shape index (κ2) is 4.52. The average Bonchev–Trinajstić information content (AvgIpc) is 2.70. The van der Waals surface area contributed by atoms with E-state index in [0.717, 1.165) is 19.1 Å². The lowest BCUT2D eigenvalue weighted by atomic mass is 10.1. The van der Waals surface area contributed by atoms with Gasteiger partial charge in [0.1, 0.15) is 0 Å². The Morgan fingerprint density at radius 3 is 3.25 bits per heavy atom. The van der Waals surface area contributed by atoms with Gasteiger partial charge in [0.25, 0.3) is 0 Å². The molecular weight excluding hydrogens is 198 g/mol. The van der Waals surface area contributed by atoms with Crippen molar-refractivity contribution in [2.24, 2.45) is 0 Å². The predicted octanol–water partition coefficient (Wildman–Crippen LogP) is 1.58. The molecule has 2 fully saturated rings. The zero-order valence-electron chi connectivity index (χ0n) is 9.60. The van der Waals surface area contributed by atoms with E-state index in [1.165, 1.54) is 31.4 Å². The molecule has 0 spiro atoms. The molecule has 2 aliphatic heterocycles. The fraction of sp³-hybridized carbons (Fsp3) is 0.615. The molecule has 1 aromatic heterocycles. The summed E-state index contributed by atoms with van der Waals surface area (Å²) in [4.78, 5) is 6.93. The molecule has 2 aliphatic rings. The van der Waals surface area contributed by atoms with E-state index >= 15 is 0 Å². The van der Waals surface area contributed by atoms with Gasteiger partial charge in [0, 0.05) is 31.0 Å². The number of hydrogen-bond acceptors (Lipinski definition) is 3. The van der Waals surface area contributed by atoms with Gasteiger partial charge in [-0.05, 0) is 44.0 Å². The molecule has 1 aromatic rings. The number of nitrogens with zero attached hydrogens (tertiary/aromatic N) is 2. The monoisotopic (exact) mass is 217 g/mol. The molecule has 2 saturated heterocycles. The number of aromatic nitrogens is 1. The molecule has 3 heteroatoms. The zero-order valence-corrected chi connectivity index (χ0v) is 9.60. The molecule has 0 radical (unpaired) electrons. The fourth-order valence-corrected chi connectivity index (χ4v) is 3.09. The third-order valence-corrected chi connectivity index (χ3v) is 3.88. The van der Waals surface area contributed by atoms with Crippen LogP contribution in [0.25, 0.3) is 0 Å². The Morgan fingerprint density at radius 1 is 1.38 bits per heavy atom. The highest BCUT2D eigenvalue weighted by molar-refractivity contribution is 5.16. The first-order valence-electron chi connectivity index (χ1n) is 6.31. The van der Waals surface area contributed by atoms with E-state index in [1.54, 1.807) is 0 Å². The highest BCUT2D eigenvalue weighted by Crippen LogP contribution is 2.31. The van der Waals surface area contributed by atoms with E-state index in [9.17, 15) is 0 Å². The lowest BCUT2D eigenvalue weighted by molar-refractivity contribution is 0.191. The van der Waals surface area contributed by atoms with Crippen LogP contribution in [0.1, 0.15) is 30.9 Å². The Balaban J connectivity index is 1.87. The van der Waals surface area contributed by atoms with E-state index in [1.807, 2.05) is 18.5 Å². The van der Waals surface area contributed by atoms with Crippen molar-refractivity contribution in [2.75, 3.05) is 19.6 Å². The van der Waals surface area contributed by atoms with Crippen molar-refractivity contribution in [3.05, 3.63) is 30.1 Å². The molecule has 2 atom stereocenters. The van der Waals surface area contributed by atoms with Crippen LogP contribution in [-0.4, -0.2) is 35.6 Å². The van der Waals surface area contributed by atoms with Gasteiger partial charge in [-0.15, -0.1) is 0 Å². The summed E-state index contributed by atoms with van der Waals surface area (Å²) in [7, 11) is 0. The highest BCUT2D eigenvalue weighted by Gasteiger charge is 2.32. The molecule has 0 saturated carbocycles. The van der Waals surface area contributed by atoms with Gasteiger partial charge >= 0.3 is 0 Å². The van der Waals surface area contributed by atoms with Crippen molar-refractivity contribution in [2.45, 2.75) is 31.3 Å². The molecule has 0 aromatic carbocycles. The first-order chi connectivity index (χ1) is 7.95. The quantitative estimate of drug-likeness (QED) is 0.774. The largest absolute Gasteiger partial charge is 0.315 e. The summed E-state index contributed by atoms with van der Waals surface area (Å²) in [6.07, 6.45) is 7.92. The van der Waals surface area contributed by atoms with Crippen LogP contribution >= 0.6 is 0 Å². The molecule has 0 bridgehead atoms. The van der Waals surface area contributed by atoms with Gasteiger partial charge in [0.2, 0.25) is 0 Å². The minimum Gasteiger partial charge on any atom is -0.315 e. The second-order valence-electron chi connectivity index (χ2n) is 4.83. The minimum atomic E-state index is 0.531. The van der Waals surface area contributed by atoms with Gasteiger partial charge in [-0.3, -0.25) is 9.88 Å². The van der Waals surface area contributed by atoms with Crippen LogP contribution in [0.2, 0.25) is 0 Å². The van der Waals surface area contributed by atoms with Crippen LogP contribution in [0.4, 0.5) is 0 Å². The van der Waals surface area contributed by atoms with Crippen molar-refractivity contribution in [3.8, 4) is 0 Å². The summed E-state index contributed by atoms with van der Waals surface area (Å²) in [6, 6.07) is 5.58. The molecular formula is C13H19N3. The van der Waals surface area contributed by atoms with E-state index in [4.69, 9.17) is 0 Å². The van der Waals surface area contributed by atoms with Crippen LogP contribution in [0, 0.1) is 0 Å². The number of pyridine rings is 1. The van der Waals surface area contributed by atoms with E-state index < -0.39 is 0 Å². The van der Waals surface area contributed by atoms with Crippen LogP contribution in [0.3, 0.4) is 0 Å². The van der Waals surface area contributed by atoms with Gasteiger partial charge < -0.3 is 5.32 Å². The average molecular weight is 217 g/mol. The third kappa shape index (κ3) is 1.85. The number of hydrogen-bond donors (Lipinski definition) is 1. The zero-order chi connectivity index (χ0) is 10.8. The Morgan fingerprint density at radius 2 is 2.38 bits per heavy atom. The number of fused-ring (bicyclic) bond motifs is 1. The maximum absolute atomic E-state index is 4.25. The summed E-state index contributed by atoms with van der Waals surface area (Å²) in [5.74, 6) is 0. The molecule has 3 rings (SSSR count). The number of nitrogens with one attached hydrogen (secondary N) is 1. The second-order valence-corrected chi connectivity index (χ2v) is 4.83. The highest BCUT2D eigenvalue weighted by atomic mass is 15.2. The summed E-state index contributed by atoms with van der Waals surface area (Å²) in [6.45, 7) is 3.49. The van der Waals surface area contributed by atoms with Gasteiger partial charge in [0.05, 0.1) is 0 Å². The lowest BCUT2D eigenvalue weighted by Gasteiger charge is -2.30. The predicted molar refractivity (Wildman–Crippen MR) is 64.2 cm³/mol. The van der Waals surface area contributed by atoms with Crippen molar-refractivity contribution < 1.29 is 0 Å². The van der Waals surface area contributed by atoms with Gasteiger partial charge in [0.15, 0.2) is 0 Å². The maximum atomic E-state index is 4.25. The van der Waals surface area contributed by atoms with Gasteiger partial charge in [-0.2, -0.15) is 0 Å². The van der Waals surface area contributed by atoms with Gasteiger partial charge in [-0.25, -0.2) is 0 Å². The lowest BCUT2D eigenvalue weighted by Crippen LogP contribution is -2.34. The molecule has 2 unspecified atom stereocenters. The molecule has 0 amide bonds. The molecule has 3 nitrogen and oxygen atoms in total. The normalized spacial score (nSPS) is 31.0. The Bertz CT molecular complexity index is 338. The maximum Gasteiger partial charge on any atom is 0.0490 e. The Labute approximate surface area is 96.9 Å². The van der Waals surface area contributed by atoms with Crippen LogP contribution in [0.15, 0.2) is 24.5 Å². The minimum absolute atomic E-state index is 0.531. The van der Waals surface area contributed by atoms with Crippen LogP contribution in [-0.2, 0) is 0 Å². The topological polar surface area (TPSA) is 28.2 Å². The molecule has 3 heterocycles. The standard InChI is InChI=1S/C13H19N3/c1-3-11(9-14-6-1)13-10-15-7-5-12-4-2-8-16(12)13/h1,3,6,9,12-13,15H,2,4-5,7-8,10H2. The summed E-state index contributed by atoms with van der Waals surface area (Å²) in [5, 5.41) is 3.55. The molecule has 0 aliphatic carbocycles. The van der Waals surface area contributed by atoms with Crippen LogP contribution < -0.4 is 5.32 Å². The van der Waals surface area contributed by atoms with E-state index in [0.29, 0.717) is 6.04 Å². The first kappa shape index (κ1) is 10.2. The van der Waals surface area contributed by atoms with Crippen molar-refractivity contribution in [1.82, 2.24) is 15.2 Å². The van der Waals surface area contributed by atoms with Crippen molar-refractivity contribution in [1.29, 1.82) is 0 Å². The van der Waals surface area contributed by atoms with Gasteiger partial charge in [-0.1, -0.05) is 6.07 Å². The SMILES string of the molecule is c1cncc(C2CNCCC3CCCN32)c1. The third-order valence-electron chi connectivity index (χ3n) is 3.88. The van der Waals surface area contributed by atoms with Crippen molar-refractivity contribution in [3.63, 3.8) is 0 Å².